The van der Waals surface area contributed by atoms with Crippen LogP contribution in [0.4, 0.5) is 5.82 Å². The number of nitrogens with one attached hydrogen (secondary N) is 2. The van der Waals surface area contributed by atoms with Gasteiger partial charge in [0.25, 0.3) is 0 Å². The molecule has 4 heterocycles. The van der Waals surface area contributed by atoms with Gasteiger partial charge in [-0.25, -0.2) is 4.98 Å². The zero-order valence-electron chi connectivity index (χ0n) is 18.0. The van der Waals surface area contributed by atoms with Gasteiger partial charge >= 0.3 is 6.01 Å². The van der Waals surface area contributed by atoms with Crippen LogP contribution in [0.1, 0.15) is 18.4 Å². The van der Waals surface area contributed by atoms with Crippen LogP contribution < -0.4 is 19.7 Å². The minimum Gasteiger partial charge on any atom is -0.468 e. The fourth-order valence-corrected chi connectivity index (χ4v) is 4.36. The van der Waals surface area contributed by atoms with Gasteiger partial charge in [-0.1, -0.05) is 6.07 Å². The smallest absolute Gasteiger partial charge is 0.318 e. The van der Waals surface area contributed by atoms with Crippen molar-refractivity contribution in [1.29, 1.82) is 0 Å². The predicted octanol–water partition coefficient (Wildman–Crippen LogP) is 1.95. The molecule has 9 heteroatoms. The van der Waals surface area contributed by atoms with E-state index < -0.39 is 0 Å². The Morgan fingerprint density at radius 2 is 2.16 bits per heavy atom. The fraction of sp³-hybridized carbons (Fsp3) is 0.500. The first-order valence-corrected chi connectivity index (χ1v) is 10.9. The molecule has 164 valence electrons. The molecule has 1 aromatic carbocycles. The van der Waals surface area contributed by atoms with Crippen molar-refractivity contribution in [3.8, 4) is 11.8 Å². The minimum atomic E-state index is -0.198. The van der Waals surface area contributed by atoms with Crippen molar-refractivity contribution in [3.05, 3.63) is 36.2 Å². The van der Waals surface area contributed by atoms with E-state index in [-0.39, 0.29) is 6.23 Å². The fourth-order valence-electron chi connectivity index (χ4n) is 4.36. The van der Waals surface area contributed by atoms with Gasteiger partial charge in [0.15, 0.2) is 6.23 Å². The summed E-state index contributed by atoms with van der Waals surface area (Å²) in [5.41, 5.74) is 2.04. The Hall–Kier alpha value is -2.91. The van der Waals surface area contributed by atoms with Gasteiger partial charge < -0.3 is 24.6 Å². The van der Waals surface area contributed by atoms with E-state index in [4.69, 9.17) is 14.5 Å². The van der Waals surface area contributed by atoms with Crippen molar-refractivity contribution >= 4 is 16.7 Å². The molecule has 0 amide bonds. The van der Waals surface area contributed by atoms with Crippen molar-refractivity contribution in [3.63, 3.8) is 0 Å². The van der Waals surface area contributed by atoms with Crippen LogP contribution in [0.3, 0.4) is 0 Å². The average Bonchev–Trinajstić information content (AvgIpc) is 3.43. The molecule has 2 saturated heterocycles. The number of H-pyrrole nitrogens is 1. The second kappa shape index (κ2) is 8.68. The summed E-state index contributed by atoms with van der Waals surface area (Å²) in [4.78, 5) is 13.5. The summed E-state index contributed by atoms with van der Waals surface area (Å²) >= 11 is 0. The Labute approximate surface area is 181 Å². The molecule has 2 atom stereocenters. The first-order chi connectivity index (χ1) is 15.2. The lowest BCUT2D eigenvalue weighted by Crippen LogP contribution is -2.54. The Morgan fingerprint density at radius 3 is 3.03 bits per heavy atom. The average molecular weight is 424 g/mol. The topological polar surface area (TPSA) is 91.4 Å². The number of hydrogen-bond acceptors (Lipinski definition) is 8. The Bertz CT molecular complexity index is 1040. The molecule has 2 fully saturated rings. The van der Waals surface area contributed by atoms with Crippen LogP contribution in [0.15, 0.2) is 30.6 Å². The molecule has 5 rings (SSSR count). The molecule has 2 N–H and O–H groups in total. The summed E-state index contributed by atoms with van der Waals surface area (Å²) in [5, 5.41) is 11.6. The summed E-state index contributed by atoms with van der Waals surface area (Å²) in [5.74, 6) is 1.66. The standard InChI is InChI=1S/C22H29N7O2/c1-15-5-6-18-17(12-25-27-18)21(15)31-20-13-23-9-11-29(20)19-7-8-24-22(26-19)30-14-16-4-3-10-28(16)2/h5-8,12,16,20,23H,3-4,9-11,13-14H2,1-2H3,(H,25,27)/t16-,20-/m0/s1. The molecule has 2 aliphatic heterocycles. The SMILES string of the molecule is Cc1ccc2[nH]ncc2c1O[C@H]1CNCCN1c1ccnc(OC[C@@H]2CCCN2C)n1. The number of likely N-dealkylation sites (N-methyl/N-ethyl adjacent to an activating group) is 1. The van der Waals surface area contributed by atoms with E-state index in [0.717, 1.165) is 54.1 Å². The van der Waals surface area contributed by atoms with Crippen LogP contribution in [-0.4, -0.2) is 77.2 Å². The molecule has 9 nitrogen and oxygen atoms in total. The summed E-state index contributed by atoms with van der Waals surface area (Å²) in [6.45, 7) is 6.13. The van der Waals surface area contributed by atoms with E-state index in [9.17, 15) is 0 Å². The maximum Gasteiger partial charge on any atom is 0.318 e. The number of aromatic nitrogens is 4. The maximum atomic E-state index is 6.52. The van der Waals surface area contributed by atoms with Gasteiger partial charge in [-0.05, 0) is 51.1 Å². The van der Waals surface area contributed by atoms with Gasteiger partial charge in [-0.15, -0.1) is 0 Å². The summed E-state index contributed by atoms with van der Waals surface area (Å²) in [7, 11) is 2.14. The van der Waals surface area contributed by atoms with Crippen LogP contribution in [-0.2, 0) is 0 Å². The number of rotatable bonds is 6. The normalized spacial score (nSPS) is 22.2. The van der Waals surface area contributed by atoms with Crippen molar-refractivity contribution < 1.29 is 9.47 Å². The van der Waals surface area contributed by atoms with Crippen LogP contribution in [0.25, 0.3) is 10.9 Å². The number of nitrogens with zero attached hydrogens (tertiary/aromatic N) is 5. The molecule has 31 heavy (non-hydrogen) atoms. The lowest BCUT2D eigenvalue weighted by molar-refractivity contribution is 0.174. The van der Waals surface area contributed by atoms with E-state index in [0.29, 0.717) is 25.2 Å². The minimum absolute atomic E-state index is 0.198. The zero-order chi connectivity index (χ0) is 21.2. The highest BCUT2D eigenvalue weighted by Gasteiger charge is 2.27. The highest BCUT2D eigenvalue weighted by Crippen LogP contribution is 2.30. The van der Waals surface area contributed by atoms with E-state index >= 15 is 0 Å². The van der Waals surface area contributed by atoms with Gasteiger partial charge in [-0.2, -0.15) is 10.1 Å². The number of aromatic amines is 1. The van der Waals surface area contributed by atoms with Gasteiger partial charge in [0.1, 0.15) is 18.2 Å². The number of piperazine rings is 1. The van der Waals surface area contributed by atoms with Gasteiger partial charge in [0.05, 0.1) is 23.6 Å². The van der Waals surface area contributed by atoms with Gasteiger partial charge in [0, 0.05) is 25.3 Å². The second-order valence-corrected chi connectivity index (χ2v) is 8.30. The lowest BCUT2D eigenvalue weighted by atomic mass is 10.1. The molecule has 0 aliphatic carbocycles. The second-order valence-electron chi connectivity index (χ2n) is 8.30. The Morgan fingerprint density at radius 1 is 1.23 bits per heavy atom. The molecular weight excluding hydrogens is 394 g/mol. The molecule has 3 aromatic rings. The zero-order valence-corrected chi connectivity index (χ0v) is 18.0. The molecule has 2 aliphatic rings. The van der Waals surface area contributed by atoms with E-state index in [1.54, 1.807) is 6.20 Å². The third-order valence-corrected chi connectivity index (χ3v) is 6.21. The summed E-state index contributed by atoms with van der Waals surface area (Å²) in [6.07, 6.45) is 5.75. The third kappa shape index (κ3) is 4.15. The number of hydrogen-bond donors (Lipinski definition) is 2. The molecule has 2 aromatic heterocycles. The Kier molecular flexibility index (Phi) is 5.61. The number of anilines is 1. The molecule has 0 unspecified atom stereocenters. The number of ether oxygens (including phenoxy) is 2. The quantitative estimate of drug-likeness (QED) is 0.622. The predicted molar refractivity (Wildman–Crippen MR) is 119 cm³/mol. The van der Waals surface area contributed by atoms with Crippen molar-refractivity contribution in [2.75, 3.05) is 44.7 Å². The maximum absolute atomic E-state index is 6.52. The van der Waals surface area contributed by atoms with E-state index in [1.165, 1.54) is 6.42 Å². The van der Waals surface area contributed by atoms with Crippen LogP contribution in [0, 0.1) is 6.92 Å². The summed E-state index contributed by atoms with van der Waals surface area (Å²) < 4.78 is 12.5. The van der Waals surface area contributed by atoms with Crippen LogP contribution in [0.5, 0.6) is 11.8 Å². The molecule has 0 spiro atoms. The monoisotopic (exact) mass is 423 g/mol. The lowest BCUT2D eigenvalue weighted by Gasteiger charge is -2.37. The van der Waals surface area contributed by atoms with Gasteiger partial charge in [0.2, 0.25) is 0 Å². The largest absolute Gasteiger partial charge is 0.468 e. The number of aryl methyl sites for hydroxylation is 1. The van der Waals surface area contributed by atoms with E-state index in [2.05, 4.69) is 44.3 Å². The first kappa shape index (κ1) is 20.0. The first-order valence-electron chi connectivity index (χ1n) is 10.9. The number of fused-ring (bicyclic) bond motifs is 1. The van der Waals surface area contributed by atoms with E-state index in [1.807, 2.05) is 24.4 Å². The Balaban J connectivity index is 1.34. The van der Waals surface area contributed by atoms with Gasteiger partial charge in [-0.3, -0.25) is 5.10 Å². The van der Waals surface area contributed by atoms with Crippen LogP contribution in [0.2, 0.25) is 0 Å². The highest BCUT2D eigenvalue weighted by atomic mass is 16.5. The summed E-state index contributed by atoms with van der Waals surface area (Å²) in [6, 6.07) is 6.84. The van der Waals surface area contributed by atoms with Crippen molar-refractivity contribution in [2.24, 2.45) is 0 Å². The van der Waals surface area contributed by atoms with Crippen LogP contribution >= 0.6 is 0 Å². The third-order valence-electron chi connectivity index (χ3n) is 6.21. The number of benzene rings is 1. The molecule has 0 saturated carbocycles. The van der Waals surface area contributed by atoms with Crippen molar-refractivity contribution in [1.82, 2.24) is 30.4 Å². The highest BCUT2D eigenvalue weighted by molar-refractivity contribution is 5.86. The molecular formula is C22H29N7O2. The number of likely N-dealkylation sites (tertiary alicyclic amines) is 1. The molecule has 0 radical (unpaired) electrons. The van der Waals surface area contributed by atoms with Crippen molar-refractivity contribution in [2.45, 2.75) is 32.0 Å². The molecule has 0 bridgehead atoms.